The number of nitrogens with zero attached hydrogens (tertiary/aromatic N) is 7. The van der Waals surface area contributed by atoms with Crippen LogP contribution in [0.25, 0.3) is 44.3 Å². The lowest BCUT2D eigenvalue weighted by Crippen LogP contribution is -2.30. The number of hydrogen-bond donors (Lipinski definition) is 3. The molecule has 2 aliphatic heterocycles. The van der Waals surface area contributed by atoms with Gasteiger partial charge in [0.2, 0.25) is 11.9 Å². The van der Waals surface area contributed by atoms with E-state index < -0.39 is 0 Å². The molecule has 0 saturated carbocycles. The number of rotatable bonds is 10. The molecule has 0 radical (unpaired) electrons. The number of aromatic nitrogens is 6. The van der Waals surface area contributed by atoms with Crippen LogP contribution in [0.4, 0.5) is 23.3 Å². The van der Waals surface area contributed by atoms with E-state index >= 15 is 0 Å². The van der Waals surface area contributed by atoms with Crippen LogP contribution >= 0.6 is 78.6 Å². The van der Waals surface area contributed by atoms with Gasteiger partial charge in [-0.3, -0.25) is 18.7 Å². The third kappa shape index (κ3) is 11.2. The predicted octanol–water partition coefficient (Wildman–Crippen LogP) is 12.4. The molecule has 4 aromatic carbocycles. The Kier molecular flexibility index (Phi) is 15.8. The van der Waals surface area contributed by atoms with E-state index in [1.54, 1.807) is 33.7 Å². The van der Waals surface area contributed by atoms with Crippen molar-refractivity contribution >= 4 is 124 Å². The first-order valence-corrected chi connectivity index (χ1v) is 27.0. The minimum Gasteiger partial charge on any atom is -0.324 e. The van der Waals surface area contributed by atoms with Crippen LogP contribution in [0.15, 0.2) is 128 Å². The molecule has 3 N–H and O–H groups in total. The van der Waals surface area contributed by atoms with E-state index in [2.05, 4.69) is 116 Å². The monoisotopic (exact) mass is 1120 g/mol. The zero-order valence-corrected chi connectivity index (χ0v) is 44.3. The third-order valence-corrected chi connectivity index (χ3v) is 16.1. The van der Waals surface area contributed by atoms with Crippen LogP contribution in [0.5, 0.6) is 0 Å². The molecule has 2 saturated heterocycles. The zero-order valence-electron chi connectivity index (χ0n) is 38.0. The molecule has 69 heavy (non-hydrogen) atoms. The largest absolute Gasteiger partial charge is 0.324 e. The second-order valence-electron chi connectivity index (χ2n) is 16.6. The number of pyridine rings is 2. The maximum Gasteiger partial charge on any atom is 0.260 e. The van der Waals surface area contributed by atoms with Crippen LogP contribution < -0.4 is 27.1 Å². The normalized spacial score (nSPS) is 16.3. The summed E-state index contributed by atoms with van der Waals surface area (Å²) in [5.74, 6) is 3.18. The average molecular weight is 1130 g/mol. The van der Waals surface area contributed by atoms with Crippen molar-refractivity contribution in [2.24, 2.45) is 0 Å². The Morgan fingerprint density at radius 3 is 1.57 bits per heavy atom. The van der Waals surface area contributed by atoms with Gasteiger partial charge in [-0.1, -0.05) is 91.5 Å². The molecule has 0 spiro atoms. The highest BCUT2D eigenvalue weighted by atomic mass is 79.9. The minimum absolute atomic E-state index is 0.131. The smallest absolute Gasteiger partial charge is 0.260 e. The Bertz CT molecular complexity index is 3280. The van der Waals surface area contributed by atoms with Gasteiger partial charge < -0.3 is 20.9 Å². The lowest BCUT2D eigenvalue weighted by molar-refractivity contribution is 0.347. The maximum atomic E-state index is 13.3. The van der Waals surface area contributed by atoms with Crippen molar-refractivity contribution < 1.29 is 0 Å². The van der Waals surface area contributed by atoms with E-state index in [9.17, 15) is 9.59 Å². The molecule has 12 nitrogen and oxygen atoms in total. The molecule has 10 rings (SSSR count). The van der Waals surface area contributed by atoms with Gasteiger partial charge in [-0.25, -0.2) is 9.97 Å². The SMILES string of the molecule is CCn1c(=O)c(-c2ccc(Br)cc2Cl)cc2cnc(Nc3ccc(C4CN(C)CCS4)cc3)nc21.CCn1c(=O)c(-c2ccc(Br)cc2Cl)cc2cnc(Nc3ccc(C4CNCCS4)cc3)nc21. The molecule has 8 aromatic rings. The average Bonchev–Trinajstić information content (AvgIpc) is 3.35. The molecular formula is C51H48Br2Cl2N10O2S2. The number of likely N-dealkylation sites (N-methyl/N-ethyl adjacent to an activating group) is 1. The Balaban J connectivity index is 0.000000172. The number of benzene rings is 4. The summed E-state index contributed by atoms with van der Waals surface area (Å²) in [4.78, 5) is 47.4. The standard InChI is InChI=1S/C26H25BrClN5OS.C25H23BrClN5OS/c1-3-33-24-17(12-21(25(33)34)20-9-6-18(27)13-22(20)28)14-29-26(31-24)30-19-7-4-16(5-8-19)23-15-32(2)10-11-35-23;1-2-32-23-16(11-20(24(32)33)19-8-5-17(26)12-21(19)27)13-29-25(31-23)30-18-6-3-15(4-7-18)22-14-28-9-10-34-22/h4-9,12-14,23H,3,10-11,15H2,1-2H3,(H,29,30,31);3-8,11-13,22,28H,2,9-10,14H2,1H3,(H,29,30,31). The van der Waals surface area contributed by atoms with Gasteiger partial charge in [-0.2, -0.15) is 33.5 Å². The maximum absolute atomic E-state index is 13.3. The van der Waals surface area contributed by atoms with Crippen LogP contribution in [-0.2, 0) is 13.1 Å². The molecule has 18 heteroatoms. The quantitative estimate of drug-likeness (QED) is 0.120. The van der Waals surface area contributed by atoms with Crippen molar-refractivity contribution in [3.8, 4) is 22.3 Å². The van der Waals surface area contributed by atoms with Gasteiger partial charge in [-0.15, -0.1) is 0 Å². The number of halogens is 4. The van der Waals surface area contributed by atoms with Crippen LogP contribution in [0.3, 0.4) is 0 Å². The number of thioether (sulfide) groups is 2. The van der Waals surface area contributed by atoms with Crippen LogP contribution in [0, 0.1) is 0 Å². The molecule has 354 valence electrons. The van der Waals surface area contributed by atoms with Crippen LogP contribution in [0.2, 0.25) is 10.0 Å². The molecule has 2 unspecified atom stereocenters. The molecule has 2 atom stereocenters. The molecule has 4 aromatic heterocycles. The van der Waals surface area contributed by atoms with Crippen molar-refractivity contribution in [1.29, 1.82) is 0 Å². The molecule has 6 heterocycles. The van der Waals surface area contributed by atoms with E-state index in [0.717, 1.165) is 68.8 Å². The fourth-order valence-electron chi connectivity index (χ4n) is 8.41. The third-order valence-electron chi connectivity index (χ3n) is 12.0. The molecule has 2 fully saturated rings. The van der Waals surface area contributed by atoms with Crippen molar-refractivity contribution in [3.05, 3.63) is 160 Å². The van der Waals surface area contributed by atoms with E-state index in [-0.39, 0.29) is 11.1 Å². The second-order valence-corrected chi connectivity index (χ2v) is 21.9. The van der Waals surface area contributed by atoms with Crippen molar-refractivity contribution in [2.45, 2.75) is 37.4 Å². The highest BCUT2D eigenvalue weighted by Crippen LogP contribution is 2.35. The van der Waals surface area contributed by atoms with Gasteiger partial charge in [0.1, 0.15) is 11.3 Å². The number of aryl methyl sites for hydroxylation is 2. The Hall–Kier alpha value is -4.78. The van der Waals surface area contributed by atoms with Gasteiger partial charge in [-0.05, 0) is 92.7 Å². The summed E-state index contributed by atoms with van der Waals surface area (Å²) in [6.07, 6.45) is 3.49. The molecule has 2 aliphatic rings. The summed E-state index contributed by atoms with van der Waals surface area (Å²) in [7, 11) is 2.17. The first-order chi connectivity index (χ1) is 33.5. The number of hydrogen-bond acceptors (Lipinski definition) is 12. The van der Waals surface area contributed by atoms with Crippen molar-refractivity contribution in [3.63, 3.8) is 0 Å². The highest BCUT2D eigenvalue weighted by Gasteiger charge is 2.21. The summed E-state index contributed by atoms with van der Waals surface area (Å²) < 4.78 is 5.04. The summed E-state index contributed by atoms with van der Waals surface area (Å²) in [5, 5.41) is 13.6. The lowest BCUT2D eigenvalue weighted by atomic mass is 10.1. The fraction of sp³-hybridized carbons (Fsp3) is 0.255. The molecule has 0 bridgehead atoms. The van der Waals surface area contributed by atoms with Gasteiger partial charge in [0.05, 0.1) is 0 Å². The number of fused-ring (bicyclic) bond motifs is 2. The molecule has 0 amide bonds. The second kappa shape index (κ2) is 22.1. The van der Waals surface area contributed by atoms with Crippen LogP contribution in [-0.4, -0.2) is 78.7 Å². The lowest BCUT2D eigenvalue weighted by Gasteiger charge is -2.29. The summed E-state index contributed by atoms with van der Waals surface area (Å²) in [5.41, 5.74) is 7.79. The molecule has 0 aliphatic carbocycles. The fourth-order valence-corrected chi connectivity index (χ4v) is 12.5. The summed E-state index contributed by atoms with van der Waals surface area (Å²) in [6.45, 7) is 9.09. The first kappa shape index (κ1) is 49.2. The number of anilines is 4. The topological polar surface area (TPSA) is 135 Å². The Morgan fingerprint density at radius 1 is 0.652 bits per heavy atom. The summed E-state index contributed by atoms with van der Waals surface area (Å²) >= 11 is 23.7. The summed E-state index contributed by atoms with van der Waals surface area (Å²) in [6, 6.07) is 31.5. The van der Waals surface area contributed by atoms with E-state index in [4.69, 9.17) is 23.2 Å². The zero-order chi connectivity index (χ0) is 48.2. The van der Waals surface area contributed by atoms with Crippen molar-refractivity contribution in [2.75, 3.05) is 55.4 Å². The van der Waals surface area contributed by atoms with Crippen LogP contribution in [0.1, 0.15) is 35.5 Å². The molecular weight excluding hydrogens is 1080 g/mol. The van der Waals surface area contributed by atoms with Gasteiger partial charge in [0.25, 0.3) is 11.1 Å². The van der Waals surface area contributed by atoms with E-state index in [1.165, 1.54) is 11.1 Å². The van der Waals surface area contributed by atoms with Gasteiger partial charge in [0.15, 0.2) is 0 Å². The van der Waals surface area contributed by atoms with Gasteiger partial charge >= 0.3 is 0 Å². The number of nitrogens with one attached hydrogen (secondary N) is 3. The Morgan fingerprint density at radius 2 is 1.13 bits per heavy atom. The first-order valence-electron chi connectivity index (χ1n) is 22.5. The van der Waals surface area contributed by atoms with Crippen molar-refractivity contribution in [1.82, 2.24) is 39.3 Å². The van der Waals surface area contributed by atoms with E-state index in [0.29, 0.717) is 79.1 Å². The minimum atomic E-state index is -0.133. The predicted molar refractivity (Wildman–Crippen MR) is 295 cm³/mol. The van der Waals surface area contributed by atoms with Gasteiger partial charge in [0, 0.05) is 137 Å². The highest BCUT2D eigenvalue weighted by molar-refractivity contribution is 9.10. The Labute approximate surface area is 435 Å². The van der Waals surface area contributed by atoms with E-state index in [1.807, 2.05) is 85.9 Å².